The molecule has 0 aliphatic carbocycles. The fourth-order valence-electron chi connectivity index (χ4n) is 1.77. The number of rotatable bonds is 5. The van der Waals surface area contributed by atoms with Gasteiger partial charge in [0.1, 0.15) is 17.4 Å². The third-order valence-electron chi connectivity index (χ3n) is 2.66. The smallest absolute Gasteiger partial charge is 0.140 e. The highest BCUT2D eigenvalue weighted by atomic mass is 35.5. The summed E-state index contributed by atoms with van der Waals surface area (Å²) in [6.07, 6.45) is 0. The van der Waals surface area contributed by atoms with Gasteiger partial charge in [-0.2, -0.15) is 0 Å². The Morgan fingerprint density at radius 3 is 2.79 bits per heavy atom. The Labute approximate surface area is 122 Å². The molecule has 0 saturated heterocycles. The van der Waals surface area contributed by atoms with Crippen LogP contribution in [-0.2, 0) is 13.2 Å². The van der Waals surface area contributed by atoms with E-state index in [1.165, 1.54) is 0 Å². The maximum absolute atomic E-state index is 5.91. The van der Waals surface area contributed by atoms with E-state index in [-0.39, 0.29) is 0 Å². The van der Waals surface area contributed by atoms with Gasteiger partial charge in [-0.3, -0.25) is 0 Å². The number of benzene rings is 1. The highest BCUT2D eigenvalue weighted by Gasteiger charge is 2.13. The van der Waals surface area contributed by atoms with Gasteiger partial charge in [-0.15, -0.1) is 11.3 Å². The van der Waals surface area contributed by atoms with E-state index in [0.717, 1.165) is 21.3 Å². The molecular weight excluding hydrogens is 280 g/mol. The van der Waals surface area contributed by atoms with Crippen molar-refractivity contribution in [3.8, 4) is 5.75 Å². The van der Waals surface area contributed by atoms with Gasteiger partial charge >= 0.3 is 0 Å². The topological polar surface area (TPSA) is 48.1 Å². The lowest BCUT2D eigenvalue weighted by Gasteiger charge is -2.04. The first-order chi connectivity index (χ1) is 9.10. The van der Waals surface area contributed by atoms with Gasteiger partial charge in [0.2, 0.25) is 0 Å². The lowest BCUT2D eigenvalue weighted by molar-refractivity contribution is 0.305. The van der Waals surface area contributed by atoms with E-state index in [4.69, 9.17) is 22.1 Å². The molecule has 1 aromatic heterocycles. The van der Waals surface area contributed by atoms with Crippen LogP contribution in [0.2, 0.25) is 5.02 Å². The average Bonchev–Trinajstić information content (AvgIpc) is 2.80. The molecular formula is C14H17ClN2OS. The Kier molecular flexibility index (Phi) is 4.80. The SMILES string of the molecule is CC(C)c1nc(COc2cccc(Cl)c2)sc1CN. The number of hydrogen-bond donors (Lipinski definition) is 1. The molecule has 5 heteroatoms. The monoisotopic (exact) mass is 296 g/mol. The van der Waals surface area contributed by atoms with Crippen molar-refractivity contribution in [2.45, 2.75) is 32.9 Å². The molecule has 3 nitrogen and oxygen atoms in total. The second kappa shape index (κ2) is 6.37. The summed E-state index contributed by atoms with van der Waals surface area (Å²) in [6, 6.07) is 7.36. The summed E-state index contributed by atoms with van der Waals surface area (Å²) in [5, 5.41) is 1.62. The summed E-state index contributed by atoms with van der Waals surface area (Å²) in [5.41, 5.74) is 6.82. The Morgan fingerprint density at radius 1 is 1.42 bits per heavy atom. The van der Waals surface area contributed by atoms with Crippen LogP contribution in [0, 0.1) is 0 Å². The summed E-state index contributed by atoms with van der Waals surface area (Å²) in [4.78, 5) is 5.74. The highest BCUT2D eigenvalue weighted by Crippen LogP contribution is 2.26. The van der Waals surface area contributed by atoms with Crippen molar-refractivity contribution >= 4 is 22.9 Å². The fourth-order valence-corrected chi connectivity index (χ4v) is 2.97. The number of nitrogens with two attached hydrogens (primary N) is 1. The van der Waals surface area contributed by atoms with Crippen LogP contribution < -0.4 is 10.5 Å². The van der Waals surface area contributed by atoms with Crippen molar-refractivity contribution in [1.82, 2.24) is 4.98 Å². The number of aromatic nitrogens is 1. The van der Waals surface area contributed by atoms with E-state index >= 15 is 0 Å². The molecule has 0 aliphatic rings. The van der Waals surface area contributed by atoms with Crippen LogP contribution in [0.5, 0.6) is 5.75 Å². The zero-order chi connectivity index (χ0) is 13.8. The van der Waals surface area contributed by atoms with Crippen LogP contribution in [0.3, 0.4) is 0 Å². The zero-order valence-electron chi connectivity index (χ0n) is 11.0. The number of halogens is 1. The number of hydrogen-bond acceptors (Lipinski definition) is 4. The Morgan fingerprint density at radius 2 is 2.21 bits per heavy atom. The summed E-state index contributed by atoms with van der Waals surface area (Å²) in [5.74, 6) is 1.14. The minimum Gasteiger partial charge on any atom is -0.486 e. The second-order valence-corrected chi connectivity index (χ2v) is 6.13. The molecule has 0 saturated carbocycles. The highest BCUT2D eigenvalue weighted by molar-refractivity contribution is 7.11. The molecule has 1 heterocycles. The minimum atomic E-state index is 0.384. The van der Waals surface area contributed by atoms with Crippen LogP contribution >= 0.6 is 22.9 Å². The van der Waals surface area contributed by atoms with Gasteiger partial charge in [0.05, 0.1) is 5.69 Å². The van der Waals surface area contributed by atoms with Crippen LogP contribution in [0.25, 0.3) is 0 Å². The van der Waals surface area contributed by atoms with Crippen molar-refractivity contribution in [3.05, 3.63) is 44.9 Å². The van der Waals surface area contributed by atoms with Gasteiger partial charge in [-0.25, -0.2) is 4.98 Å². The first-order valence-electron chi connectivity index (χ1n) is 6.17. The van der Waals surface area contributed by atoms with Gasteiger partial charge in [0.15, 0.2) is 0 Å². The van der Waals surface area contributed by atoms with Gasteiger partial charge < -0.3 is 10.5 Å². The molecule has 2 rings (SSSR count). The van der Waals surface area contributed by atoms with Crippen LogP contribution in [0.1, 0.15) is 35.3 Å². The first-order valence-corrected chi connectivity index (χ1v) is 7.36. The van der Waals surface area contributed by atoms with Crippen molar-refractivity contribution in [1.29, 1.82) is 0 Å². The largest absolute Gasteiger partial charge is 0.486 e. The first kappa shape index (κ1) is 14.3. The molecule has 0 spiro atoms. The molecule has 0 aliphatic heterocycles. The molecule has 2 N–H and O–H groups in total. The maximum atomic E-state index is 5.91. The molecule has 0 atom stereocenters. The van der Waals surface area contributed by atoms with E-state index in [0.29, 0.717) is 24.1 Å². The molecule has 19 heavy (non-hydrogen) atoms. The summed E-state index contributed by atoms with van der Waals surface area (Å²) in [6.45, 7) is 5.22. The molecule has 0 fully saturated rings. The Balaban J connectivity index is 2.07. The molecule has 0 bridgehead atoms. The van der Waals surface area contributed by atoms with Gasteiger partial charge in [0.25, 0.3) is 0 Å². The lowest BCUT2D eigenvalue weighted by Crippen LogP contribution is -2.00. The summed E-state index contributed by atoms with van der Waals surface area (Å²) < 4.78 is 5.69. The Hall–Kier alpha value is -1.10. The van der Waals surface area contributed by atoms with Crippen molar-refractivity contribution in [2.24, 2.45) is 5.73 Å². The predicted octanol–water partition coefficient (Wildman–Crippen LogP) is 3.96. The predicted molar refractivity (Wildman–Crippen MR) is 79.9 cm³/mol. The average molecular weight is 297 g/mol. The van der Waals surface area contributed by atoms with Crippen molar-refractivity contribution in [2.75, 3.05) is 0 Å². The molecule has 0 amide bonds. The van der Waals surface area contributed by atoms with E-state index in [1.807, 2.05) is 18.2 Å². The summed E-state index contributed by atoms with van der Waals surface area (Å²) >= 11 is 7.53. The third-order valence-corrected chi connectivity index (χ3v) is 3.96. The maximum Gasteiger partial charge on any atom is 0.140 e. The van der Waals surface area contributed by atoms with Crippen LogP contribution in [0.4, 0.5) is 0 Å². The van der Waals surface area contributed by atoms with Gasteiger partial charge in [-0.05, 0) is 24.1 Å². The normalized spacial score (nSPS) is 11.0. The van der Waals surface area contributed by atoms with Crippen LogP contribution in [0.15, 0.2) is 24.3 Å². The number of nitrogens with zero attached hydrogens (tertiary/aromatic N) is 1. The quantitative estimate of drug-likeness (QED) is 0.908. The standard InChI is InChI=1S/C14H17ClN2OS/c1-9(2)14-12(7-16)19-13(17-14)8-18-11-5-3-4-10(15)6-11/h3-6,9H,7-8,16H2,1-2H3. The molecule has 1 aromatic carbocycles. The van der Waals surface area contributed by atoms with Crippen molar-refractivity contribution in [3.63, 3.8) is 0 Å². The lowest BCUT2D eigenvalue weighted by atomic mass is 10.1. The molecule has 0 radical (unpaired) electrons. The van der Waals surface area contributed by atoms with Gasteiger partial charge in [-0.1, -0.05) is 31.5 Å². The molecule has 2 aromatic rings. The minimum absolute atomic E-state index is 0.384. The van der Waals surface area contributed by atoms with Crippen LogP contribution in [-0.4, -0.2) is 4.98 Å². The number of thiazole rings is 1. The number of ether oxygens (including phenoxy) is 1. The zero-order valence-corrected chi connectivity index (χ0v) is 12.6. The molecule has 0 unspecified atom stereocenters. The fraction of sp³-hybridized carbons (Fsp3) is 0.357. The molecule has 102 valence electrons. The summed E-state index contributed by atoms with van der Waals surface area (Å²) in [7, 11) is 0. The Bertz CT molecular complexity index is 554. The van der Waals surface area contributed by atoms with Gasteiger partial charge in [0, 0.05) is 16.4 Å². The van der Waals surface area contributed by atoms with E-state index in [9.17, 15) is 0 Å². The van der Waals surface area contributed by atoms with E-state index in [2.05, 4.69) is 18.8 Å². The van der Waals surface area contributed by atoms with E-state index < -0.39 is 0 Å². The third kappa shape index (κ3) is 3.69. The van der Waals surface area contributed by atoms with Crippen molar-refractivity contribution < 1.29 is 4.74 Å². The second-order valence-electron chi connectivity index (χ2n) is 4.52. The van der Waals surface area contributed by atoms with E-state index in [1.54, 1.807) is 17.4 Å².